The van der Waals surface area contributed by atoms with E-state index >= 15 is 0 Å². The molecule has 2 heterocycles. The third kappa shape index (κ3) is 1.73. The quantitative estimate of drug-likeness (QED) is 0.824. The molecule has 0 fully saturated rings. The van der Waals surface area contributed by atoms with Crippen LogP contribution in [0.5, 0.6) is 0 Å². The van der Waals surface area contributed by atoms with Gasteiger partial charge in [0.1, 0.15) is 5.76 Å². The Morgan fingerprint density at radius 2 is 2.46 bits per heavy atom. The van der Waals surface area contributed by atoms with E-state index in [-0.39, 0.29) is 6.04 Å². The van der Waals surface area contributed by atoms with E-state index in [4.69, 9.17) is 22.1 Å². The molecular weight excluding hydrogens is 206 g/mol. The fourth-order valence-corrected chi connectivity index (χ4v) is 2.49. The van der Waals surface area contributed by atoms with Crippen molar-refractivity contribution in [1.82, 2.24) is 0 Å². The average molecular weight is 216 g/mol. The van der Waals surface area contributed by atoms with Gasteiger partial charge in [-0.1, -0.05) is 11.6 Å². The maximum Gasteiger partial charge on any atom is 0.114 e. The summed E-state index contributed by atoms with van der Waals surface area (Å²) in [6, 6.07) is 1.67. The lowest BCUT2D eigenvalue weighted by Crippen LogP contribution is -2.12. The second-order valence-electron chi connectivity index (χ2n) is 2.85. The molecule has 1 atom stereocenters. The Morgan fingerprint density at radius 3 is 3.00 bits per heavy atom. The number of rotatable bonds is 2. The molecule has 2 nitrogen and oxygen atoms in total. The number of ether oxygens (including phenoxy) is 1. The van der Waals surface area contributed by atoms with E-state index < -0.39 is 0 Å². The first-order chi connectivity index (χ1) is 6.29. The van der Waals surface area contributed by atoms with Crippen LogP contribution in [-0.2, 0) is 4.74 Å². The van der Waals surface area contributed by atoms with E-state index in [1.54, 1.807) is 11.3 Å². The monoisotopic (exact) mass is 215 g/mol. The van der Waals surface area contributed by atoms with Crippen molar-refractivity contribution < 1.29 is 4.74 Å². The van der Waals surface area contributed by atoms with Crippen LogP contribution in [0.1, 0.15) is 17.3 Å². The van der Waals surface area contributed by atoms with Crippen molar-refractivity contribution >= 4 is 22.9 Å². The van der Waals surface area contributed by atoms with Gasteiger partial charge in [0.15, 0.2) is 0 Å². The third-order valence-electron chi connectivity index (χ3n) is 1.97. The van der Waals surface area contributed by atoms with Crippen LogP contribution >= 0.6 is 22.9 Å². The highest BCUT2D eigenvalue weighted by Crippen LogP contribution is 2.33. The highest BCUT2D eigenvalue weighted by molar-refractivity contribution is 7.10. The predicted octanol–water partition coefficient (Wildman–Crippen LogP) is 2.71. The van der Waals surface area contributed by atoms with Crippen molar-refractivity contribution in [1.29, 1.82) is 0 Å². The van der Waals surface area contributed by atoms with Crippen LogP contribution in [0.25, 0.3) is 0 Å². The molecule has 1 aromatic rings. The molecule has 0 bridgehead atoms. The Bertz CT molecular complexity index is 334. The molecule has 70 valence electrons. The normalized spacial score (nSPS) is 18.2. The molecule has 0 spiro atoms. The van der Waals surface area contributed by atoms with Crippen molar-refractivity contribution in [3.63, 3.8) is 0 Å². The molecule has 1 unspecified atom stereocenters. The number of hydrogen-bond acceptors (Lipinski definition) is 3. The molecule has 1 aliphatic rings. The molecule has 0 amide bonds. The largest absolute Gasteiger partial charge is 0.496 e. The molecule has 13 heavy (non-hydrogen) atoms. The summed E-state index contributed by atoms with van der Waals surface area (Å²) in [5.74, 6) is 0.851. The van der Waals surface area contributed by atoms with E-state index in [9.17, 15) is 0 Å². The Kier molecular flexibility index (Phi) is 2.58. The smallest absolute Gasteiger partial charge is 0.114 e. The van der Waals surface area contributed by atoms with Gasteiger partial charge in [0, 0.05) is 11.3 Å². The van der Waals surface area contributed by atoms with Gasteiger partial charge in [-0.3, -0.25) is 0 Å². The average Bonchev–Trinajstić information content (AvgIpc) is 2.72. The standard InChI is InChI=1S/C9H10ClNOS/c10-6-3-5-13-9(6)8(11)7-2-1-4-12-7/h2-3,5,8H,1,4,11H2. The van der Waals surface area contributed by atoms with Crippen molar-refractivity contribution in [2.75, 3.05) is 6.61 Å². The number of thiophene rings is 1. The van der Waals surface area contributed by atoms with E-state index in [0.29, 0.717) is 0 Å². The van der Waals surface area contributed by atoms with Crippen LogP contribution in [0.4, 0.5) is 0 Å². The van der Waals surface area contributed by atoms with Crippen molar-refractivity contribution in [2.24, 2.45) is 5.73 Å². The van der Waals surface area contributed by atoms with Gasteiger partial charge >= 0.3 is 0 Å². The molecule has 2 rings (SSSR count). The second kappa shape index (κ2) is 3.70. The van der Waals surface area contributed by atoms with Crippen molar-refractivity contribution in [3.05, 3.63) is 33.2 Å². The molecule has 1 aromatic heterocycles. The first-order valence-corrected chi connectivity index (χ1v) is 5.36. The number of hydrogen-bond donors (Lipinski definition) is 1. The lowest BCUT2D eigenvalue weighted by Gasteiger charge is -2.11. The zero-order valence-electron chi connectivity index (χ0n) is 7.00. The second-order valence-corrected chi connectivity index (χ2v) is 4.21. The molecule has 0 saturated carbocycles. The van der Waals surface area contributed by atoms with E-state index in [2.05, 4.69) is 0 Å². The van der Waals surface area contributed by atoms with Gasteiger partial charge < -0.3 is 10.5 Å². The maximum absolute atomic E-state index is 5.98. The van der Waals surface area contributed by atoms with Gasteiger partial charge in [0.2, 0.25) is 0 Å². The van der Waals surface area contributed by atoms with E-state index in [0.717, 1.165) is 28.7 Å². The molecule has 0 aliphatic carbocycles. The van der Waals surface area contributed by atoms with Crippen LogP contribution in [0.15, 0.2) is 23.3 Å². The lowest BCUT2D eigenvalue weighted by atomic mass is 10.2. The van der Waals surface area contributed by atoms with Crippen LogP contribution in [-0.4, -0.2) is 6.61 Å². The first-order valence-electron chi connectivity index (χ1n) is 4.10. The minimum atomic E-state index is -0.185. The van der Waals surface area contributed by atoms with Crippen molar-refractivity contribution in [2.45, 2.75) is 12.5 Å². The summed E-state index contributed by atoms with van der Waals surface area (Å²) in [6.45, 7) is 0.742. The van der Waals surface area contributed by atoms with Gasteiger partial charge in [0.25, 0.3) is 0 Å². The molecule has 1 aliphatic heterocycles. The minimum absolute atomic E-state index is 0.185. The zero-order valence-corrected chi connectivity index (χ0v) is 8.57. The van der Waals surface area contributed by atoms with Gasteiger partial charge in [-0.15, -0.1) is 11.3 Å². The molecule has 2 N–H and O–H groups in total. The predicted molar refractivity (Wildman–Crippen MR) is 54.9 cm³/mol. The first kappa shape index (κ1) is 9.06. The summed E-state index contributed by atoms with van der Waals surface area (Å²) in [4.78, 5) is 0.981. The molecule has 4 heteroatoms. The highest BCUT2D eigenvalue weighted by Gasteiger charge is 2.19. The molecular formula is C9H10ClNOS. The lowest BCUT2D eigenvalue weighted by molar-refractivity contribution is 0.226. The Labute approximate surface area is 86.0 Å². The van der Waals surface area contributed by atoms with Gasteiger partial charge in [-0.05, 0) is 17.5 Å². The number of halogens is 1. The van der Waals surface area contributed by atoms with Crippen molar-refractivity contribution in [3.8, 4) is 0 Å². The Hall–Kier alpha value is -0.510. The summed E-state index contributed by atoms with van der Waals surface area (Å²) >= 11 is 7.53. The summed E-state index contributed by atoms with van der Waals surface area (Å²) in [7, 11) is 0. The summed E-state index contributed by atoms with van der Waals surface area (Å²) in [6.07, 6.45) is 2.98. The SMILES string of the molecule is NC(C1=CCCO1)c1sccc1Cl. The van der Waals surface area contributed by atoms with E-state index in [1.165, 1.54) is 0 Å². The van der Waals surface area contributed by atoms with Gasteiger partial charge in [-0.25, -0.2) is 0 Å². The summed E-state index contributed by atoms with van der Waals surface area (Å²) in [5, 5.41) is 2.67. The van der Waals surface area contributed by atoms with E-state index in [1.807, 2.05) is 17.5 Å². The molecule has 0 aromatic carbocycles. The fourth-order valence-electron chi connectivity index (χ4n) is 1.31. The van der Waals surface area contributed by atoms with Gasteiger partial charge in [-0.2, -0.15) is 0 Å². The summed E-state index contributed by atoms with van der Waals surface area (Å²) in [5.41, 5.74) is 5.98. The van der Waals surface area contributed by atoms with Crippen LogP contribution in [0.2, 0.25) is 5.02 Å². The van der Waals surface area contributed by atoms with Crippen LogP contribution in [0.3, 0.4) is 0 Å². The fraction of sp³-hybridized carbons (Fsp3) is 0.333. The maximum atomic E-state index is 5.98. The topological polar surface area (TPSA) is 35.2 Å². The summed E-state index contributed by atoms with van der Waals surface area (Å²) < 4.78 is 5.38. The molecule has 0 radical (unpaired) electrons. The highest BCUT2D eigenvalue weighted by atomic mass is 35.5. The molecule has 0 saturated heterocycles. The zero-order chi connectivity index (χ0) is 9.26. The van der Waals surface area contributed by atoms with Crippen LogP contribution in [0, 0.1) is 0 Å². The third-order valence-corrected chi connectivity index (χ3v) is 3.41. The van der Waals surface area contributed by atoms with Gasteiger partial charge in [0.05, 0.1) is 17.7 Å². The minimum Gasteiger partial charge on any atom is -0.496 e. The Morgan fingerprint density at radius 1 is 1.62 bits per heavy atom. The van der Waals surface area contributed by atoms with Crippen LogP contribution < -0.4 is 5.73 Å². The number of nitrogens with two attached hydrogens (primary N) is 1. The Balaban J connectivity index is 2.21.